The Morgan fingerprint density at radius 1 is 1.07 bits per heavy atom. The number of halogens is 1. The Balaban J connectivity index is 1.89. The third-order valence-electron chi connectivity index (χ3n) is 4.97. The van der Waals surface area contributed by atoms with E-state index in [1.54, 1.807) is 0 Å². The summed E-state index contributed by atoms with van der Waals surface area (Å²) in [5.74, 6) is -1.16. The highest BCUT2D eigenvalue weighted by Gasteiger charge is 2.45. The Morgan fingerprint density at radius 3 is 2.44 bits per heavy atom. The normalized spacial score (nSPS) is 22.0. The summed E-state index contributed by atoms with van der Waals surface area (Å²) < 4.78 is 63.9. The van der Waals surface area contributed by atoms with Crippen LogP contribution in [-0.4, -0.2) is 39.6 Å². The highest BCUT2D eigenvalue weighted by molar-refractivity contribution is 7.96. The molecule has 0 radical (unpaired) electrons. The van der Waals surface area contributed by atoms with Crippen LogP contribution in [0.5, 0.6) is 0 Å². The summed E-state index contributed by atoms with van der Waals surface area (Å²) in [4.78, 5) is -0.0498. The molecule has 0 bridgehead atoms. The molecule has 0 aromatic heterocycles. The third kappa shape index (κ3) is 4.23. The lowest BCUT2D eigenvalue weighted by Crippen LogP contribution is -2.43. The van der Waals surface area contributed by atoms with Gasteiger partial charge in [-0.15, -0.1) is 0 Å². The zero-order chi connectivity index (χ0) is 19.8. The van der Waals surface area contributed by atoms with Crippen LogP contribution in [0.4, 0.5) is 4.39 Å². The van der Waals surface area contributed by atoms with Gasteiger partial charge in [0.25, 0.3) is 0 Å². The molecule has 5 nitrogen and oxygen atoms in total. The molecule has 1 heterocycles. The van der Waals surface area contributed by atoms with Gasteiger partial charge in [-0.25, -0.2) is 21.2 Å². The SMILES string of the molecule is Cc1cc(S(=O)(=O)[C@@H]2CS(=O)(=O)C[C@H]2NCc2ccccc2C)ccc1F. The van der Waals surface area contributed by atoms with E-state index in [0.717, 1.165) is 17.2 Å². The Hall–Kier alpha value is -1.77. The van der Waals surface area contributed by atoms with Crippen molar-refractivity contribution in [2.45, 2.75) is 36.6 Å². The lowest BCUT2D eigenvalue weighted by Gasteiger charge is -2.21. The maximum atomic E-state index is 13.5. The summed E-state index contributed by atoms with van der Waals surface area (Å²) in [6.45, 7) is 3.80. The van der Waals surface area contributed by atoms with Crippen molar-refractivity contribution in [3.05, 3.63) is 65.0 Å². The second-order valence-corrected chi connectivity index (χ2v) is 11.3. The van der Waals surface area contributed by atoms with Crippen molar-refractivity contribution in [3.8, 4) is 0 Å². The van der Waals surface area contributed by atoms with Gasteiger partial charge >= 0.3 is 0 Å². The third-order valence-corrected chi connectivity index (χ3v) is 9.12. The molecule has 1 aliphatic rings. The summed E-state index contributed by atoms with van der Waals surface area (Å²) in [6, 6.07) is 10.5. The number of aryl methyl sites for hydroxylation is 2. The van der Waals surface area contributed by atoms with E-state index in [-0.39, 0.29) is 16.2 Å². The number of sulfone groups is 2. The molecule has 2 aromatic rings. The van der Waals surface area contributed by atoms with Crippen molar-refractivity contribution in [2.24, 2.45) is 0 Å². The van der Waals surface area contributed by atoms with E-state index in [9.17, 15) is 21.2 Å². The Labute approximate surface area is 159 Å². The van der Waals surface area contributed by atoms with Crippen LogP contribution >= 0.6 is 0 Å². The predicted molar refractivity (Wildman–Crippen MR) is 103 cm³/mol. The minimum atomic E-state index is -3.92. The Kier molecular flexibility index (Phi) is 5.42. The maximum Gasteiger partial charge on any atom is 0.183 e. The maximum absolute atomic E-state index is 13.5. The largest absolute Gasteiger partial charge is 0.308 e. The summed E-state index contributed by atoms with van der Waals surface area (Å²) in [5, 5.41) is 2.01. The monoisotopic (exact) mass is 411 g/mol. The smallest absolute Gasteiger partial charge is 0.183 e. The topological polar surface area (TPSA) is 80.3 Å². The molecule has 1 N–H and O–H groups in total. The van der Waals surface area contributed by atoms with Gasteiger partial charge in [0.2, 0.25) is 0 Å². The standard InChI is InChI=1S/C19H22FNO4S2/c1-13-5-3-4-6-15(13)10-21-18-11-26(22,23)12-19(18)27(24,25)16-7-8-17(20)14(2)9-16/h3-9,18-19,21H,10-12H2,1-2H3/t18-,19-/m1/s1. The predicted octanol–water partition coefficient (Wildman–Crippen LogP) is 2.17. The van der Waals surface area contributed by atoms with Gasteiger partial charge in [-0.3, -0.25) is 0 Å². The summed E-state index contributed by atoms with van der Waals surface area (Å²) in [6.07, 6.45) is 0. The molecule has 1 aliphatic heterocycles. The van der Waals surface area contributed by atoms with E-state index in [1.807, 2.05) is 31.2 Å². The van der Waals surface area contributed by atoms with Crippen molar-refractivity contribution in [2.75, 3.05) is 11.5 Å². The second-order valence-electron chi connectivity index (χ2n) is 6.99. The first-order valence-electron chi connectivity index (χ1n) is 8.58. The van der Waals surface area contributed by atoms with Gasteiger partial charge in [0.1, 0.15) is 5.82 Å². The Bertz CT molecular complexity index is 1060. The van der Waals surface area contributed by atoms with Crippen molar-refractivity contribution in [1.82, 2.24) is 5.32 Å². The van der Waals surface area contributed by atoms with Crippen LogP contribution in [0.3, 0.4) is 0 Å². The molecular weight excluding hydrogens is 389 g/mol. The molecule has 1 saturated heterocycles. The number of hydrogen-bond acceptors (Lipinski definition) is 5. The van der Waals surface area contributed by atoms with E-state index in [2.05, 4.69) is 5.32 Å². The fourth-order valence-electron chi connectivity index (χ4n) is 3.33. The van der Waals surface area contributed by atoms with Crippen molar-refractivity contribution in [1.29, 1.82) is 0 Å². The zero-order valence-corrected chi connectivity index (χ0v) is 16.8. The minimum Gasteiger partial charge on any atom is -0.308 e. The molecule has 27 heavy (non-hydrogen) atoms. The molecule has 8 heteroatoms. The molecule has 0 aliphatic carbocycles. The van der Waals surface area contributed by atoms with E-state index in [4.69, 9.17) is 0 Å². The van der Waals surface area contributed by atoms with Crippen LogP contribution in [0.15, 0.2) is 47.4 Å². The van der Waals surface area contributed by atoms with E-state index >= 15 is 0 Å². The highest BCUT2D eigenvalue weighted by Crippen LogP contribution is 2.27. The first-order chi connectivity index (χ1) is 12.6. The van der Waals surface area contributed by atoms with Gasteiger partial charge in [0.05, 0.1) is 21.7 Å². The number of benzene rings is 2. The number of rotatable bonds is 5. The fourth-order valence-corrected chi connectivity index (χ4v) is 8.13. The molecule has 0 unspecified atom stereocenters. The molecule has 0 spiro atoms. The van der Waals surface area contributed by atoms with Crippen LogP contribution in [0.2, 0.25) is 0 Å². The number of nitrogens with one attached hydrogen (secondary N) is 1. The van der Waals surface area contributed by atoms with E-state index in [0.29, 0.717) is 6.54 Å². The molecule has 1 fully saturated rings. The summed E-state index contributed by atoms with van der Waals surface area (Å²) in [7, 11) is -7.41. The van der Waals surface area contributed by atoms with Gasteiger partial charge in [-0.05, 0) is 48.7 Å². The van der Waals surface area contributed by atoms with Gasteiger partial charge in [-0.2, -0.15) is 0 Å². The van der Waals surface area contributed by atoms with Gasteiger partial charge in [0, 0.05) is 12.6 Å². The first kappa shape index (κ1) is 20.0. The van der Waals surface area contributed by atoms with E-state index < -0.39 is 42.5 Å². The molecule has 0 saturated carbocycles. The lowest BCUT2D eigenvalue weighted by molar-refractivity contribution is 0.525. The second kappa shape index (κ2) is 7.33. The average Bonchev–Trinajstić information content (AvgIpc) is 2.92. The fraction of sp³-hybridized carbons (Fsp3) is 0.368. The van der Waals surface area contributed by atoms with Crippen molar-refractivity contribution >= 4 is 19.7 Å². The summed E-state index contributed by atoms with van der Waals surface area (Å²) in [5.41, 5.74) is 2.23. The van der Waals surface area contributed by atoms with Gasteiger partial charge in [0.15, 0.2) is 19.7 Å². The quantitative estimate of drug-likeness (QED) is 0.763. The molecule has 2 aromatic carbocycles. The van der Waals surface area contributed by atoms with Crippen LogP contribution in [0, 0.1) is 19.7 Å². The van der Waals surface area contributed by atoms with Gasteiger partial charge < -0.3 is 5.32 Å². The molecule has 2 atom stereocenters. The molecule has 0 amide bonds. The van der Waals surface area contributed by atoms with Crippen LogP contribution in [0.25, 0.3) is 0 Å². The average molecular weight is 412 g/mol. The van der Waals surface area contributed by atoms with Crippen molar-refractivity contribution in [3.63, 3.8) is 0 Å². The first-order valence-corrected chi connectivity index (χ1v) is 12.0. The van der Waals surface area contributed by atoms with Crippen LogP contribution in [-0.2, 0) is 26.2 Å². The van der Waals surface area contributed by atoms with E-state index in [1.165, 1.54) is 19.1 Å². The lowest BCUT2D eigenvalue weighted by atomic mass is 10.1. The Morgan fingerprint density at radius 2 is 1.78 bits per heavy atom. The molecule has 3 rings (SSSR count). The van der Waals surface area contributed by atoms with Crippen molar-refractivity contribution < 1.29 is 21.2 Å². The molecular formula is C19H22FNO4S2. The zero-order valence-electron chi connectivity index (χ0n) is 15.1. The minimum absolute atomic E-state index is 0.0498. The van der Waals surface area contributed by atoms with Crippen LogP contribution in [0.1, 0.15) is 16.7 Å². The summed E-state index contributed by atoms with van der Waals surface area (Å²) >= 11 is 0. The van der Waals surface area contributed by atoms with Gasteiger partial charge in [-0.1, -0.05) is 24.3 Å². The van der Waals surface area contributed by atoms with Crippen LogP contribution < -0.4 is 5.32 Å². The highest BCUT2D eigenvalue weighted by atomic mass is 32.2. The number of hydrogen-bond donors (Lipinski definition) is 1. The molecule has 146 valence electrons.